The molecule has 0 saturated heterocycles. The molecule has 0 aliphatic rings. The summed E-state index contributed by atoms with van der Waals surface area (Å²) in [6, 6.07) is -0.105. The molecule has 2 atom stereocenters. The number of carbonyl (C=O) groups excluding carboxylic acids is 1. The van der Waals surface area contributed by atoms with Crippen molar-refractivity contribution < 1.29 is 14.3 Å². The SMILES string of the molecule is COCC(C)(CC(=O)OC)C(C)N. The maximum Gasteiger partial charge on any atom is 0.306 e. The standard InChI is InChI=1S/C9H19NO3/c1-7(10)9(2,6-12-3)5-8(11)13-4/h7H,5-6,10H2,1-4H3. The van der Waals surface area contributed by atoms with Crippen molar-refractivity contribution in [2.75, 3.05) is 20.8 Å². The average Bonchev–Trinajstić information content (AvgIpc) is 2.04. The molecule has 0 spiro atoms. The molecule has 0 aromatic rings. The number of ether oxygens (including phenoxy) is 2. The summed E-state index contributed by atoms with van der Waals surface area (Å²) in [5.41, 5.74) is 5.43. The van der Waals surface area contributed by atoms with E-state index in [-0.39, 0.29) is 23.8 Å². The van der Waals surface area contributed by atoms with Gasteiger partial charge in [-0.15, -0.1) is 0 Å². The Hall–Kier alpha value is -0.610. The van der Waals surface area contributed by atoms with Gasteiger partial charge < -0.3 is 15.2 Å². The van der Waals surface area contributed by atoms with E-state index in [0.29, 0.717) is 6.61 Å². The Bertz CT molecular complexity index is 170. The van der Waals surface area contributed by atoms with Crippen LogP contribution in [0.5, 0.6) is 0 Å². The molecule has 0 aliphatic heterocycles. The maximum absolute atomic E-state index is 11.1. The first-order valence-corrected chi connectivity index (χ1v) is 4.27. The Morgan fingerprint density at radius 3 is 2.38 bits per heavy atom. The fourth-order valence-corrected chi connectivity index (χ4v) is 1.08. The largest absolute Gasteiger partial charge is 0.469 e. The lowest BCUT2D eigenvalue weighted by Gasteiger charge is -2.31. The molecule has 0 aliphatic carbocycles. The van der Waals surface area contributed by atoms with Gasteiger partial charge in [0.2, 0.25) is 0 Å². The third-order valence-electron chi connectivity index (χ3n) is 2.35. The van der Waals surface area contributed by atoms with Gasteiger partial charge >= 0.3 is 5.97 Å². The monoisotopic (exact) mass is 189 g/mol. The molecule has 0 aromatic carbocycles. The van der Waals surface area contributed by atoms with E-state index in [1.165, 1.54) is 7.11 Å². The summed E-state index contributed by atoms with van der Waals surface area (Å²) >= 11 is 0. The molecular formula is C9H19NO3. The molecule has 4 heteroatoms. The maximum atomic E-state index is 11.1. The van der Waals surface area contributed by atoms with E-state index >= 15 is 0 Å². The summed E-state index contributed by atoms with van der Waals surface area (Å²) in [6.07, 6.45) is 0.287. The molecule has 4 nitrogen and oxygen atoms in total. The van der Waals surface area contributed by atoms with Crippen LogP contribution in [0, 0.1) is 5.41 Å². The van der Waals surface area contributed by atoms with Crippen LogP contribution in [0.1, 0.15) is 20.3 Å². The van der Waals surface area contributed by atoms with Crippen molar-refractivity contribution in [2.24, 2.45) is 11.1 Å². The van der Waals surface area contributed by atoms with Crippen LogP contribution >= 0.6 is 0 Å². The first kappa shape index (κ1) is 12.4. The lowest BCUT2D eigenvalue weighted by Crippen LogP contribution is -2.42. The van der Waals surface area contributed by atoms with Crippen LogP contribution in [-0.4, -0.2) is 32.8 Å². The summed E-state index contributed by atoms with van der Waals surface area (Å²) in [7, 11) is 2.97. The highest BCUT2D eigenvalue weighted by atomic mass is 16.5. The predicted octanol–water partition coefficient (Wildman–Crippen LogP) is 0.549. The van der Waals surface area contributed by atoms with Gasteiger partial charge in [-0.2, -0.15) is 0 Å². The average molecular weight is 189 g/mol. The summed E-state index contributed by atoms with van der Waals surface area (Å²) in [4.78, 5) is 11.1. The molecule has 0 bridgehead atoms. The number of rotatable bonds is 5. The van der Waals surface area contributed by atoms with E-state index in [0.717, 1.165) is 0 Å². The van der Waals surface area contributed by atoms with Crippen LogP contribution in [0.4, 0.5) is 0 Å². The van der Waals surface area contributed by atoms with Crippen molar-refractivity contribution in [3.8, 4) is 0 Å². The second-order valence-electron chi connectivity index (χ2n) is 3.63. The summed E-state index contributed by atoms with van der Waals surface area (Å²) in [5, 5.41) is 0. The molecule has 0 saturated carbocycles. The molecule has 0 aromatic heterocycles. The number of hydrogen-bond acceptors (Lipinski definition) is 4. The highest BCUT2D eigenvalue weighted by Gasteiger charge is 2.32. The van der Waals surface area contributed by atoms with E-state index < -0.39 is 0 Å². The molecular weight excluding hydrogens is 170 g/mol. The Morgan fingerprint density at radius 1 is 1.54 bits per heavy atom. The lowest BCUT2D eigenvalue weighted by atomic mass is 9.81. The molecule has 0 rings (SSSR count). The smallest absolute Gasteiger partial charge is 0.306 e. The van der Waals surface area contributed by atoms with Gasteiger partial charge in [0.05, 0.1) is 20.1 Å². The molecule has 2 unspecified atom stereocenters. The fraction of sp³-hybridized carbons (Fsp3) is 0.889. The Kier molecular flexibility index (Phi) is 4.95. The van der Waals surface area contributed by atoms with E-state index in [2.05, 4.69) is 4.74 Å². The van der Waals surface area contributed by atoms with E-state index in [1.807, 2.05) is 13.8 Å². The zero-order valence-corrected chi connectivity index (χ0v) is 8.79. The van der Waals surface area contributed by atoms with Gasteiger partial charge in [0, 0.05) is 18.6 Å². The predicted molar refractivity (Wildman–Crippen MR) is 50.3 cm³/mol. The van der Waals surface area contributed by atoms with Crippen LogP contribution < -0.4 is 5.73 Å². The van der Waals surface area contributed by atoms with Gasteiger partial charge in [-0.25, -0.2) is 0 Å². The normalized spacial score (nSPS) is 17.6. The molecule has 0 radical (unpaired) electrons. The minimum atomic E-state index is -0.345. The first-order valence-electron chi connectivity index (χ1n) is 4.27. The van der Waals surface area contributed by atoms with Crippen molar-refractivity contribution in [3.05, 3.63) is 0 Å². The van der Waals surface area contributed by atoms with Gasteiger partial charge in [0.25, 0.3) is 0 Å². The van der Waals surface area contributed by atoms with E-state index in [4.69, 9.17) is 10.5 Å². The summed E-state index contributed by atoms with van der Waals surface area (Å²) in [5.74, 6) is -0.253. The number of esters is 1. The van der Waals surface area contributed by atoms with Crippen molar-refractivity contribution in [3.63, 3.8) is 0 Å². The molecule has 78 valence electrons. The highest BCUT2D eigenvalue weighted by Crippen LogP contribution is 2.25. The van der Waals surface area contributed by atoms with Gasteiger partial charge in [0.1, 0.15) is 0 Å². The first-order chi connectivity index (χ1) is 5.96. The van der Waals surface area contributed by atoms with Crippen LogP contribution in [-0.2, 0) is 14.3 Å². The van der Waals surface area contributed by atoms with E-state index in [1.54, 1.807) is 7.11 Å². The van der Waals surface area contributed by atoms with Crippen LogP contribution in [0.15, 0.2) is 0 Å². The highest BCUT2D eigenvalue weighted by molar-refractivity contribution is 5.70. The quantitative estimate of drug-likeness (QED) is 0.641. The number of nitrogens with two attached hydrogens (primary N) is 1. The van der Waals surface area contributed by atoms with Crippen LogP contribution in [0.25, 0.3) is 0 Å². The van der Waals surface area contributed by atoms with Crippen molar-refractivity contribution in [1.29, 1.82) is 0 Å². The second kappa shape index (κ2) is 5.19. The third kappa shape index (κ3) is 3.74. The van der Waals surface area contributed by atoms with Gasteiger partial charge in [-0.05, 0) is 6.92 Å². The molecule has 0 heterocycles. The number of hydrogen-bond donors (Lipinski definition) is 1. The Morgan fingerprint density at radius 2 is 2.08 bits per heavy atom. The molecule has 13 heavy (non-hydrogen) atoms. The minimum absolute atomic E-state index is 0.105. The third-order valence-corrected chi connectivity index (χ3v) is 2.35. The molecule has 0 fully saturated rings. The van der Waals surface area contributed by atoms with Crippen LogP contribution in [0.2, 0.25) is 0 Å². The zero-order chi connectivity index (χ0) is 10.5. The number of carbonyl (C=O) groups is 1. The van der Waals surface area contributed by atoms with Gasteiger partial charge in [-0.1, -0.05) is 6.92 Å². The summed E-state index contributed by atoms with van der Waals surface area (Å²) < 4.78 is 9.62. The van der Waals surface area contributed by atoms with Gasteiger partial charge in [-0.3, -0.25) is 4.79 Å². The Labute approximate surface area is 79.4 Å². The van der Waals surface area contributed by atoms with Gasteiger partial charge in [0.15, 0.2) is 0 Å². The molecule has 0 amide bonds. The zero-order valence-electron chi connectivity index (χ0n) is 8.79. The minimum Gasteiger partial charge on any atom is -0.469 e. The van der Waals surface area contributed by atoms with Crippen molar-refractivity contribution >= 4 is 5.97 Å². The van der Waals surface area contributed by atoms with Crippen LogP contribution in [0.3, 0.4) is 0 Å². The topological polar surface area (TPSA) is 61.5 Å². The summed E-state index contributed by atoms with van der Waals surface area (Å²) in [6.45, 7) is 4.24. The lowest BCUT2D eigenvalue weighted by molar-refractivity contribution is -0.144. The van der Waals surface area contributed by atoms with Crippen molar-refractivity contribution in [2.45, 2.75) is 26.3 Å². The fourth-order valence-electron chi connectivity index (χ4n) is 1.08. The second-order valence-corrected chi connectivity index (χ2v) is 3.63. The van der Waals surface area contributed by atoms with Crippen molar-refractivity contribution in [1.82, 2.24) is 0 Å². The van der Waals surface area contributed by atoms with E-state index in [9.17, 15) is 4.79 Å². The molecule has 2 N–H and O–H groups in total. The number of methoxy groups -OCH3 is 2. The Balaban J connectivity index is 4.31.